The van der Waals surface area contributed by atoms with Crippen LogP contribution in [0, 0.1) is 0 Å². The van der Waals surface area contributed by atoms with Crippen LogP contribution in [-0.2, 0) is 15.0 Å². The van der Waals surface area contributed by atoms with Crippen LogP contribution in [0.1, 0.15) is 63.9 Å². The number of anilines is 1. The smallest absolute Gasteiger partial charge is 0.233 e. The first-order valence-corrected chi connectivity index (χ1v) is 12.6. The first-order chi connectivity index (χ1) is 15.5. The lowest BCUT2D eigenvalue weighted by Crippen LogP contribution is -2.57. The van der Waals surface area contributed by atoms with Crippen LogP contribution < -0.4 is 5.32 Å². The summed E-state index contributed by atoms with van der Waals surface area (Å²) < 4.78 is 0. The van der Waals surface area contributed by atoms with E-state index < -0.39 is 5.41 Å². The van der Waals surface area contributed by atoms with Crippen LogP contribution in [0.2, 0.25) is 0 Å². The molecule has 1 aromatic carbocycles. The van der Waals surface area contributed by atoms with Crippen LogP contribution >= 0.6 is 0 Å². The van der Waals surface area contributed by atoms with Gasteiger partial charge in [0.1, 0.15) is 0 Å². The van der Waals surface area contributed by atoms with Crippen molar-refractivity contribution in [2.24, 2.45) is 0 Å². The predicted octanol–water partition coefficient (Wildman–Crippen LogP) is 3.48. The van der Waals surface area contributed by atoms with Gasteiger partial charge < -0.3 is 15.1 Å². The number of piperidine rings is 1. The lowest BCUT2D eigenvalue weighted by Gasteiger charge is -2.45. The van der Waals surface area contributed by atoms with Crippen molar-refractivity contribution in [1.29, 1.82) is 0 Å². The van der Waals surface area contributed by atoms with E-state index in [4.69, 9.17) is 0 Å². The van der Waals surface area contributed by atoms with Crippen molar-refractivity contribution in [2.75, 3.05) is 51.6 Å². The Morgan fingerprint density at radius 3 is 2.16 bits per heavy atom. The Hall–Kier alpha value is -1.92. The molecule has 2 aliphatic heterocycles. The van der Waals surface area contributed by atoms with E-state index in [2.05, 4.69) is 39.2 Å². The highest BCUT2D eigenvalue weighted by Gasteiger charge is 2.44. The Morgan fingerprint density at radius 2 is 1.56 bits per heavy atom. The molecule has 32 heavy (non-hydrogen) atoms. The molecule has 3 aliphatic rings. The lowest BCUT2D eigenvalue weighted by atomic mass is 9.68. The highest BCUT2D eigenvalue weighted by atomic mass is 16.2. The van der Waals surface area contributed by atoms with E-state index in [0.717, 1.165) is 63.1 Å². The Bertz CT molecular complexity index is 772. The van der Waals surface area contributed by atoms with Crippen LogP contribution in [0.4, 0.5) is 5.69 Å². The Balaban J connectivity index is 1.44. The van der Waals surface area contributed by atoms with Gasteiger partial charge in [-0.3, -0.25) is 14.5 Å². The molecule has 6 heteroatoms. The number of benzene rings is 1. The number of nitrogens with zero attached hydrogens (tertiary/aromatic N) is 3. The molecule has 1 saturated carbocycles. The van der Waals surface area contributed by atoms with Crippen molar-refractivity contribution in [3.8, 4) is 0 Å². The zero-order valence-electron chi connectivity index (χ0n) is 19.9. The van der Waals surface area contributed by atoms with Crippen LogP contribution in [0.25, 0.3) is 0 Å². The maximum absolute atomic E-state index is 13.9. The van der Waals surface area contributed by atoms with Gasteiger partial charge in [-0.2, -0.15) is 0 Å². The van der Waals surface area contributed by atoms with Gasteiger partial charge in [-0.1, -0.05) is 38.3 Å². The normalized spacial score (nSPS) is 23.1. The van der Waals surface area contributed by atoms with Crippen molar-refractivity contribution < 1.29 is 9.59 Å². The molecule has 0 unspecified atom stereocenters. The molecule has 2 heterocycles. The lowest BCUT2D eigenvalue weighted by molar-refractivity contribution is -0.141. The molecule has 1 aromatic rings. The van der Waals surface area contributed by atoms with E-state index in [-0.39, 0.29) is 5.91 Å². The minimum Gasteiger partial charge on any atom is -0.339 e. The van der Waals surface area contributed by atoms with Crippen molar-refractivity contribution >= 4 is 17.5 Å². The fraction of sp³-hybridized carbons (Fsp3) is 0.692. The molecule has 3 fully saturated rings. The molecule has 0 bridgehead atoms. The van der Waals surface area contributed by atoms with Crippen LogP contribution in [0.3, 0.4) is 0 Å². The highest BCUT2D eigenvalue weighted by Crippen LogP contribution is 2.41. The summed E-state index contributed by atoms with van der Waals surface area (Å²) in [5.41, 5.74) is 1.53. The van der Waals surface area contributed by atoms with E-state index in [0.29, 0.717) is 18.4 Å². The molecular formula is C26H40N4O2. The monoisotopic (exact) mass is 440 g/mol. The minimum absolute atomic E-state index is 0.0173. The zero-order chi connectivity index (χ0) is 22.6. The number of hydrogen-bond acceptors (Lipinski definition) is 4. The molecule has 176 valence electrons. The van der Waals surface area contributed by atoms with Gasteiger partial charge in [0.2, 0.25) is 11.8 Å². The number of hydrogen-bond donors (Lipinski definition) is 1. The summed E-state index contributed by atoms with van der Waals surface area (Å²) in [5, 5.41) is 2.92. The summed E-state index contributed by atoms with van der Waals surface area (Å²) in [6.45, 7) is 7.90. The standard InChI is InChI=1S/C26H40N4O2/c1-3-24(31)27-22-9-7-21(8-10-22)26(13-5-4-6-14-26)25(32)30-19-17-29(18-20-30)23-11-15-28(2)16-12-23/h7-10,23H,3-6,11-20H2,1-2H3,(H,27,31). The van der Waals surface area contributed by atoms with Gasteiger partial charge in [0.25, 0.3) is 0 Å². The third kappa shape index (κ3) is 5.01. The number of rotatable bonds is 5. The summed E-state index contributed by atoms with van der Waals surface area (Å²) in [4.78, 5) is 32.8. The van der Waals surface area contributed by atoms with Gasteiger partial charge in [0, 0.05) is 44.3 Å². The molecule has 0 atom stereocenters. The predicted molar refractivity (Wildman–Crippen MR) is 129 cm³/mol. The molecule has 2 amide bonds. The molecule has 6 nitrogen and oxygen atoms in total. The quantitative estimate of drug-likeness (QED) is 0.762. The fourth-order valence-corrected chi connectivity index (χ4v) is 5.86. The van der Waals surface area contributed by atoms with E-state index in [9.17, 15) is 9.59 Å². The number of amides is 2. The number of carbonyl (C=O) groups is 2. The van der Waals surface area contributed by atoms with Gasteiger partial charge in [-0.15, -0.1) is 0 Å². The molecule has 2 saturated heterocycles. The molecular weight excluding hydrogens is 400 g/mol. The van der Waals surface area contributed by atoms with E-state index in [1.54, 1.807) is 0 Å². The average Bonchev–Trinajstić information content (AvgIpc) is 2.85. The molecule has 0 radical (unpaired) electrons. The van der Waals surface area contributed by atoms with E-state index >= 15 is 0 Å². The van der Waals surface area contributed by atoms with Gasteiger partial charge in [0.05, 0.1) is 5.41 Å². The third-order valence-corrected chi connectivity index (χ3v) is 7.96. The van der Waals surface area contributed by atoms with Gasteiger partial charge in [0.15, 0.2) is 0 Å². The molecule has 1 N–H and O–H groups in total. The first-order valence-electron chi connectivity index (χ1n) is 12.6. The third-order valence-electron chi connectivity index (χ3n) is 7.96. The van der Waals surface area contributed by atoms with Gasteiger partial charge in [-0.25, -0.2) is 0 Å². The Morgan fingerprint density at radius 1 is 0.938 bits per heavy atom. The SMILES string of the molecule is CCC(=O)Nc1ccc(C2(C(=O)N3CCN(C4CCN(C)CC4)CC3)CCCCC2)cc1. The maximum Gasteiger partial charge on any atom is 0.233 e. The number of nitrogens with one attached hydrogen (secondary N) is 1. The van der Waals surface area contributed by atoms with Crippen LogP contribution in [0.15, 0.2) is 24.3 Å². The van der Waals surface area contributed by atoms with Gasteiger partial charge >= 0.3 is 0 Å². The molecule has 0 aromatic heterocycles. The summed E-state index contributed by atoms with van der Waals surface area (Å²) in [6.07, 6.45) is 8.25. The van der Waals surface area contributed by atoms with Crippen LogP contribution in [0.5, 0.6) is 0 Å². The summed E-state index contributed by atoms with van der Waals surface area (Å²) in [7, 11) is 2.21. The van der Waals surface area contributed by atoms with E-state index in [1.165, 1.54) is 32.4 Å². The second-order valence-electron chi connectivity index (χ2n) is 9.98. The molecule has 1 aliphatic carbocycles. The van der Waals surface area contributed by atoms with E-state index in [1.807, 2.05) is 19.1 Å². The van der Waals surface area contributed by atoms with Gasteiger partial charge in [-0.05, 0) is 63.5 Å². The summed E-state index contributed by atoms with van der Waals surface area (Å²) in [6, 6.07) is 8.75. The second kappa shape index (κ2) is 10.3. The van der Waals surface area contributed by atoms with Crippen LogP contribution in [-0.4, -0.2) is 78.9 Å². The first kappa shape index (κ1) is 23.2. The Labute approximate surface area is 193 Å². The molecule has 4 rings (SSSR count). The number of likely N-dealkylation sites (tertiary alicyclic amines) is 1. The highest BCUT2D eigenvalue weighted by molar-refractivity contribution is 5.91. The topological polar surface area (TPSA) is 55.9 Å². The van der Waals surface area contributed by atoms with Crippen molar-refractivity contribution in [2.45, 2.75) is 69.7 Å². The molecule has 0 spiro atoms. The summed E-state index contributed by atoms with van der Waals surface area (Å²) >= 11 is 0. The number of carbonyl (C=O) groups excluding carboxylic acids is 2. The van der Waals surface area contributed by atoms with Crippen molar-refractivity contribution in [3.05, 3.63) is 29.8 Å². The Kier molecular flexibility index (Phi) is 7.51. The minimum atomic E-state index is -0.402. The number of piperazine rings is 1. The second-order valence-corrected chi connectivity index (χ2v) is 9.98. The van der Waals surface area contributed by atoms with Crippen molar-refractivity contribution in [3.63, 3.8) is 0 Å². The fourth-order valence-electron chi connectivity index (χ4n) is 5.86. The zero-order valence-corrected chi connectivity index (χ0v) is 19.9. The summed E-state index contributed by atoms with van der Waals surface area (Å²) in [5.74, 6) is 0.342. The maximum atomic E-state index is 13.9. The largest absolute Gasteiger partial charge is 0.339 e. The average molecular weight is 441 g/mol. The van der Waals surface area contributed by atoms with Crippen molar-refractivity contribution in [1.82, 2.24) is 14.7 Å².